The average molecular weight is 389 g/mol. The van der Waals surface area contributed by atoms with Crippen molar-refractivity contribution in [2.24, 2.45) is 10.8 Å². The van der Waals surface area contributed by atoms with Crippen molar-refractivity contribution >= 4 is 40.3 Å². The molecule has 4 rings (SSSR count). The molecule has 0 radical (unpaired) electrons. The van der Waals surface area contributed by atoms with Gasteiger partial charge in [0.1, 0.15) is 0 Å². The molecule has 0 unspecified atom stereocenters. The first-order chi connectivity index (χ1) is 12.3. The Balaban J connectivity index is 1.62. The lowest BCUT2D eigenvalue weighted by Crippen LogP contribution is -2.69. The first kappa shape index (κ1) is 17.4. The maximum atomic E-state index is 13.1. The number of nitrogens with zero attached hydrogens (tertiary/aromatic N) is 2. The van der Waals surface area contributed by atoms with Crippen LogP contribution >= 0.6 is 22.7 Å². The summed E-state index contributed by atoms with van der Waals surface area (Å²) in [4.78, 5) is 43.7. The number of Topliss-reactive ketones (excluding diaryl/α,β-unsaturated/α-hetero) is 1. The average Bonchev–Trinajstić information content (AvgIpc) is 3.29. The number of hydrogen-bond donors (Lipinski definition) is 0. The van der Waals surface area contributed by atoms with Crippen molar-refractivity contribution in [3.63, 3.8) is 0 Å². The highest BCUT2D eigenvalue weighted by Gasteiger charge is 2.57. The number of carbonyl (C=O) groups is 3. The van der Waals surface area contributed by atoms with E-state index in [-0.39, 0.29) is 17.6 Å². The second kappa shape index (κ2) is 6.03. The van der Waals surface area contributed by atoms with Crippen LogP contribution in [0.25, 0.3) is 0 Å². The minimum absolute atomic E-state index is 0.0250. The summed E-state index contributed by atoms with van der Waals surface area (Å²) in [5, 5.41) is 3.77. The van der Waals surface area contributed by atoms with Gasteiger partial charge in [-0.2, -0.15) is 0 Å². The Bertz CT molecular complexity index is 775. The second-order valence-corrected chi connectivity index (χ2v) is 9.62. The van der Waals surface area contributed by atoms with Crippen LogP contribution in [0, 0.1) is 10.8 Å². The molecule has 0 atom stereocenters. The standard InChI is InChI=1S/C19H20N2O3S2/c1-18-9-20(15(22)13-5-3-7-25-13)11-19(2,17(18)24)12-21(10-18)16(23)14-6-4-8-26-14/h3-8H,9-12H2,1-2H3. The van der Waals surface area contributed by atoms with Gasteiger partial charge >= 0.3 is 0 Å². The van der Waals surface area contributed by atoms with Crippen LogP contribution in [0.2, 0.25) is 0 Å². The number of ketones is 1. The topological polar surface area (TPSA) is 57.7 Å². The quantitative estimate of drug-likeness (QED) is 0.795. The van der Waals surface area contributed by atoms with Gasteiger partial charge in [0.25, 0.3) is 11.8 Å². The Morgan fingerprint density at radius 2 is 1.23 bits per heavy atom. The molecule has 0 spiro atoms. The Labute approximate surface area is 160 Å². The number of fused-ring (bicyclic) bond motifs is 2. The molecule has 0 N–H and O–H groups in total. The van der Waals surface area contributed by atoms with Gasteiger partial charge in [0, 0.05) is 26.2 Å². The van der Waals surface area contributed by atoms with Gasteiger partial charge in [-0.25, -0.2) is 0 Å². The van der Waals surface area contributed by atoms with E-state index in [1.165, 1.54) is 22.7 Å². The van der Waals surface area contributed by atoms with Gasteiger partial charge in [-0.3, -0.25) is 14.4 Å². The van der Waals surface area contributed by atoms with Crippen LogP contribution in [0.1, 0.15) is 33.2 Å². The minimum atomic E-state index is -0.731. The number of thiophene rings is 2. The molecule has 2 saturated heterocycles. The predicted octanol–water partition coefficient (Wildman–Crippen LogP) is 3.00. The molecule has 5 nitrogen and oxygen atoms in total. The molecular formula is C19H20N2O3S2. The number of likely N-dealkylation sites (tertiary alicyclic amines) is 2. The van der Waals surface area contributed by atoms with Gasteiger partial charge in [-0.05, 0) is 36.7 Å². The maximum Gasteiger partial charge on any atom is 0.263 e. The molecule has 26 heavy (non-hydrogen) atoms. The lowest BCUT2D eigenvalue weighted by atomic mass is 9.64. The molecule has 0 aliphatic carbocycles. The van der Waals surface area contributed by atoms with Gasteiger partial charge in [0.05, 0.1) is 20.6 Å². The van der Waals surface area contributed by atoms with Gasteiger partial charge < -0.3 is 9.80 Å². The largest absolute Gasteiger partial charge is 0.336 e. The molecule has 2 fully saturated rings. The molecular weight excluding hydrogens is 368 g/mol. The Morgan fingerprint density at radius 3 is 1.54 bits per heavy atom. The smallest absolute Gasteiger partial charge is 0.263 e. The van der Waals surface area contributed by atoms with E-state index in [0.717, 1.165) is 0 Å². The van der Waals surface area contributed by atoms with Crippen molar-refractivity contribution in [3.8, 4) is 0 Å². The molecule has 2 aromatic heterocycles. The van der Waals surface area contributed by atoms with E-state index in [9.17, 15) is 14.4 Å². The highest BCUT2D eigenvalue weighted by molar-refractivity contribution is 7.12. The van der Waals surface area contributed by atoms with Gasteiger partial charge in [0.2, 0.25) is 0 Å². The Morgan fingerprint density at radius 1 is 0.846 bits per heavy atom. The number of amides is 2. The van der Waals surface area contributed by atoms with Crippen LogP contribution in [0.4, 0.5) is 0 Å². The fourth-order valence-corrected chi connectivity index (χ4v) is 5.69. The third-order valence-electron chi connectivity index (χ3n) is 5.29. The molecule has 2 amide bonds. The molecule has 136 valence electrons. The monoisotopic (exact) mass is 388 g/mol. The van der Waals surface area contributed by atoms with Crippen LogP contribution in [-0.2, 0) is 4.79 Å². The van der Waals surface area contributed by atoms with Crippen LogP contribution in [0.3, 0.4) is 0 Å². The van der Waals surface area contributed by atoms with E-state index in [0.29, 0.717) is 35.9 Å². The summed E-state index contributed by atoms with van der Waals surface area (Å²) in [6.07, 6.45) is 0. The van der Waals surface area contributed by atoms with Crippen LogP contribution in [0.5, 0.6) is 0 Å². The second-order valence-electron chi connectivity index (χ2n) is 7.73. The molecule has 0 aromatic carbocycles. The van der Waals surface area contributed by atoms with Gasteiger partial charge in [0.15, 0.2) is 5.78 Å². The Hall–Kier alpha value is -1.99. The lowest BCUT2D eigenvalue weighted by molar-refractivity contribution is -0.152. The molecule has 7 heteroatoms. The fraction of sp³-hybridized carbons (Fsp3) is 0.421. The SMILES string of the molecule is CC12CN(C(=O)c3cccs3)CC(C)(CN(C(=O)c3cccs3)C1)C2=O. The van der Waals surface area contributed by atoms with E-state index in [4.69, 9.17) is 0 Å². The number of piperidine rings is 2. The van der Waals surface area contributed by atoms with E-state index in [1.54, 1.807) is 9.80 Å². The summed E-state index contributed by atoms with van der Waals surface area (Å²) in [5.41, 5.74) is -1.46. The summed E-state index contributed by atoms with van der Waals surface area (Å²) in [6.45, 7) is 5.18. The third-order valence-corrected chi connectivity index (χ3v) is 7.01. The zero-order chi connectivity index (χ0) is 18.5. The van der Waals surface area contributed by atoms with Crippen molar-refractivity contribution in [2.75, 3.05) is 26.2 Å². The van der Waals surface area contributed by atoms with E-state index in [1.807, 2.05) is 48.9 Å². The highest BCUT2D eigenvalue weighted by atomic mass is 32.1. The van der Waals surface area contributed by atoms with Crippen LogP contribution in [-0.4, -0.2) is 53.6 Å². The normalized spacial score (nSPS) is 28.3. The van der Waals surface area contributed by atoms with Crippen molar-refractivity contribution in [1.82, 2.24) is 9.80 Å². The van der Waals surface area contributed by atoms with E-state index < -0.39 is 10.8 Å². The minimum Gasteiger partial charge on any atom is -0.336 e. The zero-order valence-electron chi connectivity index (χ0n) is 14.7. The molecule has 2 bridgehead atoms. The molecule has 2 aliphatic rings. The van der Waals surface area contributed by atoms with Crippen molar-refractivity contribution in [1.29, 1.82) is 0 Å². The zero-order valence-corrected chi connectivity index (χ0v) is 16.4. The van der Waals surface area contributed by atoms with E-state index in [2.05, 4.69) is 0 Å². The van der Waals surface area contributed by atoms with Crippen LogP contribution in [0.15, 0.2) is 35.0 Å². The lowest BCUT2D eigenvalue weighted by Gasteiger charge is -2.54. The number of carbonyl (C=O) groups excluding carboxylic acids is 3. The Kier molecular flexibility index (Phi) is 4.04. The summed E-state index contributed by atoms with van der Waals surface area (Å²) >= 11 is 2.83. The summed E-state index contributed by atoms with van der Waals surface area (Å²) in [6, 6.07) is 7.35. The third kappa shape index (κ3) is 2.70. The summed E-state index contributed by atoms with van der Waals surface area (Å²) in [7, 11) is 0. The first-order valence-electron chi connectivity index (χ1n) is 8.53. The summed E-state index contributed by atoms with van der Waals surface area (Å²) < 4.78 is 0. The molecule has 2 aliphatic heterocycles. The van der Waals surface area contributed by atoms with Gasteiger partial charge in [-0.1, -0.05) is 12.1 Å². The number of rotatable bonds is 2. The van der Waals surface area contributed by atoms with Crippen molar-refractivity contribution < 1.29 is 14.4 Å². The van der Waals surface area contributed by atoms with Crippen molar-refractivity contribution in [2.45, 2.75) is 13.8 Å². The van der Waals surface area contributed by atoms with Crippen LogP contribution < -0.4 is 0 Å². The fourth-order valence-electron chi connectivity index (χ4n) is 4.31. The predicted molar refractivity (Wildman–Crippen MR) is 102 cm³/mol. The highest BCUT2D eigenvalue weighted by Crippen LogP contribution is 2.43. The first-order valence-corrected chi connectivity index (χ1v) is 10.3. The summed E-state index contributed by atoms with van der Waals surface area (Å²) in [5.74, 6) is 0.112. The number of hydrogen-bond acceptors (Lipinski definition) is 5. The molecule has 4 heterocycles. The molecule has 2 aromatic rings. The van der Waals surface area contributed by atoms with Gasteiger partial charge in [-0.15, -0.1) is 22.7 Å². The van der Waals surface area contributed by atoms with Crippen molar-refractivity contribution in [3.05, 3.63) is 44.8 Å². The van der Waals surface area contributed by atoms with E-state index >= 15 is 0 Å². The maximum absolute atomic E-state index is 13.1. The molecule has 0 saturated carbocycles.